The van der Waals surface area contributed by atoms with Gasteiger partial charge in [0.05, 0.1) is 18.8 Å². The number of para-hydroxylation sites is 1. The Labute approximate surface area is 170 Å². The number of rotatable bonds is 3. The van der Waals surface area contributed by atoms with Crippen molar-refractivity contribution in [1.82, 2.24) is 19.9 Å². The summed E-state index contributed by atoms with van der Waals surface area (Å²) < 4.78 is 6.24. The molecule has 0 aliphatic carbocycles. The molecular formula is C22H20N4O4. The van der Waals surface area contributed by atoms with Crippen LogP contribution in [0.5, 0.6) is 11.6 Å². The normalized spacial score (nSPS) is 15.8. The van der Waals surface area contributed by atoms with Crippen LogP contribution < -0.4 is 21.3 Å². The van der Waals surface area contributed by atoms with Crippen LogP contribution in [0.2, 0.25) is 0 Å². The summed E-state index contributed by atoms with van der Waals surface area (Å²) in [5.41, 5.74) is 2.08. The number of aromatic nitrogens is 3. The predicted molar refractivity (Wildman–Crippen MR) is 113 cm³/mol. The summed E-state index contributed by atoms with van der Waals surface area (Å²) in [7, 11) is 1.55. The highest BCUT2D eigenvalue weighted by Gasteiger charge is 2.31. The van der Waals surface area contributed by atoms with E-state index in [4.69, 9.17) is 4.74 Å². The van der Waals surface area contributed by atoms with Gasteiger partial charge in [0, 0.05) is 23.1 Å². The Morgan fingerprint density at radius 1 is 1.07 bits per heavy atom. The van der Waals surface area contributed by atoms with Crippen molar-refractivity contribution in [3.8, 4) is 17.3 Å². The second-order valence-corrected chi connectivity index (χ2v) is 7.23. The van der Waals surface area contributed by atoms with Gasteiger partial charge in [-0.1, -0.05) is 18.2 Å². The summed E-state index contributed by atoms with van der Waals surface area (Å²) in [5.74, 6) is 0.227. The molecule has 0 fully saturated rings. The van der Waals surface area contributed by atoms with Gasteiger partial charge in [-0.15, -0.1) is 0 Å². The van der Waals surface area contributed by atoms with Crippen LogP contribution in [0.4, 0.5) is 0 Å². The minimum atomic E-state index is -0.709. The Morgan fingerprint density at radius 2 is 1.83 bits per heavy atom. The molecule has 4 N–H and O–H groups in total. The molecule has 3 heterocycles. The Bertz CT molecular complexity index is 1360. The van der Waals surface area contributed by atoms with Gasteiger partial charge >= 0.3 is 5.69 Å². The van der Waals surface area contributed by atoms with E-state index in [0.717, 1.165) is 33.1 Å². The van der Waals surface area contributed by atoms with Crippen molar-refractivity contribution in [2.75, 3.05) is 13.7 Å². The van der Waals surface area contributed by atoms with Crippen LogP contribution in [0.25, 0.3) is 16.6 Å². The van der Waals surface area contributed by atoms with Crippen molar-refractivity contribution in [1.29, 1.82) is 0 Å². The molecule has 0 spiro atoms. The largest absolute Gasteiger partial charge is 0.497 e. The molecule has 0 radical (unpaired) electrons. The third-order valence-corrected chi connectivity index (χ3v) is 5.60. The monoisotopic (exact) mass is 404 g/mol. The third-order valence-electron chi connectivity index (χ3n) is 5.60. The SMILES string of the molecule is COc1ccc(-n2c(O)c(C3NCCc4c3[nH]c3ccccc43)c(=O)[nH]c2=O)cc1. The molecule has 30 heavy (non-hydrogen) atoms. The summed E-state index contributed by atoms with van der Waals surface area (Å²) in [4.78, 5) is 31.0. The first-order chi connectivity index (χ1) is 14.6. The molecule has 1 unspecified atom stereocenters. The number of methoxy groups -OCH3 is 1. The average Bonchev–Trinajstić information content (AvgIpc) is 3.13. The maximum absolute atomic E-state index is 12.8. The van der Waals surface area contributed by atoms with Gasteiger partial charge in [0.15, 0.2) is 0 Å². The van der Waals surface area contributed by atoms with Gasteiger partial charge in [-0.05, 0) is 42.3 Å². The number of H-pyrrole nitrogens is 2. The lowest BCUT2D eigenvalue weighted by atomic mass is 9.95. The molecule has 1 aliphatic heterocycles. The second kappa shape index (κ2) is 6.93. The zero-order valence-corrected chi connectivity index (χ0v) is 16.2. The number of ether oxygens (including phenoxy) is 1. The Hall–Kier alpha value is -3.78. The number of hydrogen-bond donors (Lipinski definition) is 4. The quantitative estimate of drug-likeness (QED) is 0.417. The molecule has 4 aromatic rings. The molecule has 0 saturated heterocycles. The van der Waals surface area contributed by atoms with Crippen LogP contribution in [-0.2, 0) is 6.42 Å². The van der Waals surface area contributed by atoms with E-state index in [9.17, 15) is 14.7 Å². The molecule has 2 aromatic heterocycles. The Balaban J connectivity index is 1.71. The van der Waals surface area contributed by atoms with Crippen LogP contribution in [-0.4, -0.2) is 33.3 Å². The molecule has 1 atom stereocenters. The highest BCUT2D eigenvalue weighted by molar-refractivity contribution is 5.85. The highest BCUT2D eigenvalue weighted by atomic mass is 16.5. The van der Waals surface area contributed by atoms with Gasteiger partial charge in [-0.2, -0.15) is 0 Å². The lowest BCUT2D eigenvalue weighted by Crippen LogP contribution is -2.38. The van der Waals surface area contributed by atoms with Crippen molar-refractivity contribution in [2.45, 2.75) is 12.5 Å². The number of nitrogens with one attached hydrogen (secondary N) is 3. The van der Waals surface area contributed by atoms with E-state index in [2.05, 4.69) is 15.3 Å². The molecular weight excluding hydrogens is 384 g/mol. The van der Waals surface area contributed by atoms with Crippen molar-refractivity contribution in [3.63, 3.8) is 0 Å². The number of aromatic hydroxyl groups is 1. The fourth-order valence-electron chi connectivity index (χ4n) is 4.20. The first-order valence-electron chi connectivity index (χ1n) is 9.64. The van der Waals surface area contributed by atoms with Crippen LogP contribution in [0.15, 0.2) is 58.1 Å². The molecule has 2 aromatic carbocycles. The van der Waals surface area contributed by atoms with Crippen LogP contribution in [0, 0.1) is 0 Å². The minimum Gasteiger partial charge on any atom is -0.497 e. The Morgan fingerprint density at radius 3 is 2.60 bits per heavy atom. The van der Waals surface area contributed by atoms with E-state index in [1.807, 2.05) is 24.3 Å². The second-order valence-electron chi connectivity index (χ2n) is 7.23. The number of nitrogens with zero attached hydrogens (tertiary/aromatic N) is 1. The molecule has 0 bridgehead atoms. The fraction of sp³-hybridized carbons (Fsp3) is 0.182. The van der Waals surface area contributed by atoms with Crippen LogP contribution in [0.3, 0.4) is 0 Å². The maximum atomic E-state index is 12.8. The van der Waals surface area contributed by atoms with E-state index in [-0.39, 0.29) is 5.56 Å². The summed E-state index contributed by atoms with van der Waals surface area (Å²) >= 11 is 0. The number of benzene rings is 2. The number of hydrogen-bond acceptors (Lipinski definition) is 5. The molecule has 8 heteroatoms. The summed E-state index contributed by atoms with van der Waals surface area (Å²) in [6, 6.07) is 14.0. The fourth-order valence-corrected chi connectivity index (χ4v) is 4.20. The molecule has 8 nitrogen and oxygen atoms in total. The summed E-state index contributed by atoms with van der Waals surface area (Å²) in [6.07, 6.45) is 0.798. The van der Waals surface area contributed by atoms with Gasteiger partial charge in [0.1, 0.15) is 11.3 Å². The molecule has 5 rings (SSSR count). The first kappa shape index (κ1) is 18.3. The zero-order valence-electron chi connectivity index (χ0n) is 16.2. The van der Waals surface area contributed by atoms with E-state index >= 15 is 0 Å². The minimum absolute atomic E-state index is 0.0953. The van der Waals surface area contributed by atoms with E-state index in [0.29, 0.717) is 18.0 Å². The molecule has 1 aliphatic rings. The predicted octanol–water partition coefficient (Wildman–Crippen LogP) is 1.96. The van der Waals surface area contributed by atoms with Gasteiger partial charge in [0.25, 0.3) is 5.56 Å². The smallest absolute Gasteiger partial charge is 0.335 e. The standard InChI is InChI=1S/C22H20N4O4/c1-30-13-8-6-12(7-9-13)26-21(28)17(20(27)25-22(26)29)19-18-15(10-11-23-19)14-4-2-3-5-16(14)24-18/h2-9,19,23-24,28H,10-11H2,1H3,(H,25,27,29). The van der Waals surface area contributed by atoms with E-state index in [1.54, 1.807) is 31.4 Å². The topological polar surface area (TPSA) is 112 Å². The maximum Gasteiger partial charge on any atom is 0.335 e. The number of fused-ring (bicyclic) bond motifs is 3. The molecule has 0 amide bonds. The summed E-state index contributed by atoms with van der Waals surface area (Å²) in [6.45, 7) is 0.639. The van der Waals surface area contributed by atoms with Gasteiger partial charge in [-0.3, -0.25) is 9.78 Å². The van der Waals surface area contributed by atoms with Crippen molar-refractivity contribution in [2.24, 2.45) is 0 Å². The zero-order chi connectivity index (χ0) is 20.8. The number of aromatic amines is 2. The molecule has 0 saturated carbocycles. The van der Waals surface area contributed by atoms with Gasteiger partial charge < -0.3 is 20.1 Å². The lowest BCUT2D eigenvalue weighted by Gasteiger charge is -2.25. The highest BCUT2D eigenvalue weighted by Crippen LogP contribution is 2.35. The summed E-state index contributed by atoms with van der Waals surface area (Å²) in [5, 5.41) is 15.4. The third kappa shape index (κ3) is 2.73. The van der Waals surface area contributed by atoms with E-state index < -0.39 is 23.2 Å². The van der Waals surface area contributed by atoms with Crippen molar-refractivity contribution in [3.05, 3.63) is 86.2 Å². The van der Waals surface area contributed by atoms with Crippen molar-refractivity contribution < 1.29 is 9.84 Å². The van der Waals surface area contributed by atoms with Gasteiger partial charge in [-0.25, -0.2) is 9.36 Å². The van der Waals surface area contributed by atoms with Crippen LogP contribution in [0.1, 0.15) is 22.9 Å². The van der Waals surface area contributed by atoms with E-state index in [1.165, 1.54) is 0 Å². The average molecular weight is 404 g/mol. The van der Waals surface area contributed by atoms with Crippen molar-refractivity contribution >= 4 is 10.9 Å². The Kier molecular flexibility index (Phi) is 4.22. The van der Waals surface area contributed by atoms with Crippen LogP contribution >= 0.6 is 0 Å². The first-order valence-corrected chi connectivity index (χ1v) is 9.64. The lowest BCUT2D eigenvalue weighted by molar-refractivity contribution is 0.408. The van der Waals surface area contributed by atoms with Gasteiger partial charge in [0.2, 0.25) is 5.88 Å². The molecule has 152 valence electrons.